The van der Waals surface area contributed by atoms with Crippen molar-refractivity contribution in [1.29, 1.82) is 0 Å². The average molecular weight is 499 g/mol. The van der Waals surface area contributed by atoms with Gasteiger partial charge in [0.2, 0.25) is 5.91 Å². The van der Waals surface area contributed by atoms with Gasteiger partial charge in [0.25, 0.3) is 17.5 Å². The molecule has 0 aliphatic carbocycles. The maximum Gasteiger partial charge on any atom is 0.270 e. The van der Waals surface area contributed by atoms with Gasteiger partial charge in [0.15, 0.2) is 4.34 Å². The second kappa shape index (κ2) is 9.12. The number of nitrogens with one attached hydrogen (secondary N) is 1. The standard InChI is InChI=1S/C22H18N4O6S2/c27-19(23-10-14-2-1-7-32-14)11-33-22-24-17-6-4-12(9-18(17)34-22)25-20(28)15-5-3-13(26(30)31)8-16(15)21(25)29/h3-6,8-9,14H,1-2,7,10-11H2,(H,23,27)/t14-/m0/s1. The molecule has 1 atom stereocenters. The molecule has 5 rings (SSSR count). The highest BCUT2D eigenvalue weighted by molar-refractivity contribution is 8.01. The molecule has 0 bridgehead atoms. The van der Waals surface area contributed by atoms with Gasteiger partial charge in [-0.2, -0.15) is 0 Å². The predicted octanol–water partition coefficient (Wildman–Crippen LogP) is 3.39. The van der Waals surface area contributed by atoms with E-state index in [2.05, 4.69) is 10.3 Å². The van der Waals surface area contributed by atoms with E-state index in [4.69, 9.17) is 4.74 Å². The average Bonchev–Trinajstić information content (AvgIpc) is 3.54. The maximum absolute atomic E-state index is 12.9. The fraction of sp³-hybridized carbons (Fsp3) is 0.273. The number of aromatic nitrogens is 1. The molecule has 2 aromatic carbocycles. The van der Waals surface area contributed by atoms with Crippen LogP contribution in [0.5, 0.6) is 0 Å². The summed E-state index contributed by atoms with van der Waals surface area (Å²) in [6.45, 7) is 1.25. The molecule has 0 radical (unpaired) electrons. The molecule has 1 saturated heterocycles. The summed E-state index contributed by atoms with van der Waals surface area (Å²) in [6.07, 6.45) is 2.06. The Hall–Kier alpha value is -3.35. The van der Waals surface area contributed by atoms with Crippen molar-refractivity contribution in [3.05, 3.63) is 57.6 Å². The SMILES string of the molecule is O=C(CSc1nc2ccc(N3C(=O)c4ccc([N+](=O)[O-])cc4C3=O)cc2s1)NC[C@@H]1CCCO1. The molecule has 0 spiro atoms. The van der Waals surface area contributed by atoms with Crippen LogP contribution in [0.3, 0.4) is 0 Å². The summed E-state index contributed by atoms with van der Waals surface area (Å²) >= 11 is 2.67. The number of anilines is 1. The highest BCUT2D eigenvalue weighted by Gasteiger charge is 2.38. The number of nitrogens with zero attached hydrogens (tertiary/aromatic N) is 3. The number of ether oxygens (including phenoxy) is 1. The fourth-order valence-electron chi connectivity index (χ4n) is 3.88. The summed E-state index contributed by atoms with van der Waals surface area (Å²) < 4.78 is 6.94. The molecule has 1 N–H and O–H groups in total. The van der Waals surface area contributed by atoms with Gasteiger partial charge in [0.05, 0.1) is 43.8 Å². The normalized spacial score (nSPS) is 17.4. The summed E-state index contributed by atoms with van der Waals surface area (Å²) in [7, 11) is 0. The topological polar surface area (TPSA) is 132 Å². The van der Waals surface area contributed by atoms with Gasteiger partial charge >= 0.3 is 0 Å². The van der Waals surface area contributed by atoms with Crippen molar-refractivity contribution < 1.29 is 24.0 Å². The van der Waals surface area contributed by atoms with E-state index >= 15 is 0 Å². The molecule has 2 aliphatic rings. The number of thiazole rings is 1. The molecule has 3 amide bonds. The highest BCUT2D eigenvalue weighted by Crippen LogP contribution is 2.35. The third-order valence-corrected chi connectivity index (χ3v) is 7.73. The minimum Gasteiger partial charge on any atom is -0.376 e. The second-order valence-electron chi connectivity index (χ2n) is 7.79. The molecule has 10 nitrogen and oxygen atoms in total. The molecule has 12 heteroatoms. The molecule has 34 heavy (non-hydrogen) atoms. The summed E-state index contributed by atoms with van der Waals surface area (Å²) in [5.74, 6) is -1.02. The van der Waals surface area contributed by atoms with Crippen LogP contribution in [-0.2, 0) is 9.53 Å². The lowest BCUT2D eigenvalue weighted by Crippen LogP contribution is -2.32. The van der Waals surface area contributed by atoms with E-state index in [0.29, 0.717) is 22.1 Å². The Morgan fingerprint density at radius 2 is 2.06 bits per heavy atom. The molecule has 2 aliphatic heterocycles. The number of benzene rings is 2. The van der Waals surface area contributed by atoms with Crippen LogP contribution >= 0.6 is 23.1 Å². The van der Waals surface area contributed by atoms with E-state index in [-0.39, 0.29) is 34.6 Å². The van der Waals surface area contributed by atoms with Gasteiger partial charge in [-0.1, -0.05) is 11.8 Å². The van der Waals surface area contributed by atoms with Crippen LogP contribution in [0.15, 0.2) is 40.7 Å². The number of non-ortho nitro benzene ring substituents is 1. The Kier molecular flexibility index (Phi) is 6.02. The molecular formula is C22H18N4O6S2. The first-order valence-corrected chi connectivity index (χ1v) is 12.3. The van der Waals surface area contributed by atoms with Crippen molar-refractivity contribution in [2.45, 2.75) is 23.3 Å². The third-order valence-electron chi connectivity index (χ3n) is 5.57. The zero-order valence-corrected chi connectivity index (χ0v) is 19.3. The van der Waals surface area contributed by atoms with Crippen LogP contribution in [0.25, 0.3) is 10.2 Å². The molecule has 174 valence electrons. The number of amides is 3. The fourth-order valence-corrected chi connectivity index (χ4v) is 5.81. The van der Waals surface area contributed by atoms with Crippen molar-refractivity contribution in [3.8, 4) is 0 Å². The van der Waals surface area contributed by atoms with Crippen LogP contribution in [0.1, 0.15) is 33.6 Å². The van der Waals surface area contributed by atoms with Gasteiger partial charge < -0.3 is 10.1 Å². The molecule has 3 aromatic rings. The van der Waals surface area contributed by atoms with Crippen LogP contribution in [0.4, 0.5) is 11.4 Å². The lowest BCUT2D eigenvalue weighted by Gasteiger charge is -2.13. The van der Waals surface area contributed by atoms with Gasteiger partial charge in [0, 0.05) is 25.3 Å². The first-order valence-electron chi connectivity index (χ1n) is 10.5. The van der Waals surface area contributed by atoms with Gasteiger partial charge in [-0.25, -0.2) is 9.88 Å². The van der Waals surface area contributed by atoms with E-state index in [9.17, 15) is 24.5 Å². The Labute approximate surface area is 201 Å². The number of carbonyl (C=O) groups is 3. The Bertz CT molecular complexity index is 1330. The number of hydrogen-bond donors (Lipinski definition) is 1. The van der Waals surface area contributed by atoms with E-state index in [1.54, 1.807) is 18.2 Å². The first-order chi connectivity index (χ1) is 16.4. The van der Waals surface area contributed by atoms with Crippen LogP contribution in [0, 0.1) is 10.1 Å². The largest absolute Gasteiger partial charge is 0.376 e. The number of thioether (sulfide) groups is 1. The number of nitro groups is 1. The number of fused-ring (bicyclic) bond motifs is 2. The third kappa shape index (κ3) is 4.27. The quantitative estimate of drug-likeness (QED) is 0.227. The van der Waals surface area contributed by atoms with Crippen molar-refractivity contribution in [3.63, 3.8) is 0 Å². The molecule has 1 aromatic heterocycles. The van der Waals surface area contributed by atoms with E-state index < -0.39 is 16.7 Å². The first kappa shape index (κ1) is 22.4. The van der Waals surface area contributed by atoms with Crippen LogP contribution in [0.2, 0.25) is 0 Å². The molecule has 0 saturated carbocycles. The summed E-state index contributed by atoms with van der Waals surface area (Å²) in [4.78, 5) is 53.8. The summed E-state index contributed by atoms with van der Waals surface area (Å²) in [5, 5.41) is 13.9. The van der Waals surface area contributed by atoms with Crippen molar-refractivity contribution >= 4 is 62.4 Å². The Morgan fingerprint density at radius 1 is 1.24 bits per heavy atom. The highest BCUT2D eigenvalue weighted by atomic mass is 32.2. The molecule has 1 fully saturated rings. The smallest absolute Gasteiger partial charge is 0.270 e. The summed E-state index contributed by atoms with van der Waals surface area (Å²) in [6, 6.07) is 8.64. The lowest BCUT2D eigenvalue weighted by molar-refractivity contribution is -0.384. The monoisotopic (exact) mass is 498 g/mol. The number of hydrogen-bond acceptors (Lipinski definition) is 9. The van der Waals surface area contributed by atoms with Crippen molar-refractivity contribution in [1.82, 2.24) is 10.3 Å². The van der Waals surface area contributed by atoms with Gasteiger partial charge in [0.1, 0.15) is 0 Å². The minimum absolute atomic E-state index is 0.00821. The predicted molar refractivity (Wildman–Crippen MR) is 127 cm³/mol. The number of imide groups is 1. The van der Waals surface area contributed by atoms with Crippen molar-refractivity contribution in [2.24, 2.45) is 0 Å². The minimum atomic E-state index is -0.606. The summed E-state index contributed by atoms with van der Waals surface area (Å²) in [5.41, 5.74) is 0.930. The number of nitro benzene ring substituents is 1. The molecular weight excluding hydrogens is 480 g/mol. The zero-order chi connectivity index (χ0) is 23.8. The van der Waals surface area contributed by atoms with E-state index in [1.165, 1.54) is 35.2 Å². The van der Waals surface area contributed by atoms with Gasteiger partial charge in [-0.15, -0.1) is 11.3 Å². The van der Waals surface area contributed by atoms with Gasteiger partial charge in [-0.3, -0.25) is 24.5 Å². The number of rotatable bonds is 7. The van der Waals surface area contributed by atoms with E-state index in [0.717, 1.165) is 35.1 Å². The molecule has 0 unspecified atom stereocenters. The zero-order valence-electron chi connectivity index (χ0n) is 17.7. The Morgan fingerprint density at radius 3 is 2.82 bits per heavy atom. The van der Waals surface area contributed by atoms with Crippen LogP contribution < -0.4 is 10.2 Å². The van der Waals surface area contributed by atoms with E-state index in [1.807, 2.05) is 0 Å². The Balaban J connectivity index is 1.29. The second-order valence-corrected chi connectivity index (χ2v) is 10.0. The van der Waals surface area contributed by atoms with Crippen molar-refractivity contribution in [2.75, 3.05) is 23.8 Å². The van der Waals surface area contributed by atoms with Gasteiger partial charge in [-0.05, 0) is 37.1 Å². The maximum atomic E-state index is 12.9. The lowest BCUT2D eigenvalue weighted by atomic mass is 10.1. The molecule has 3 heterocycles. The van der Waals surface area contributed by atoms with Crippen LogP contribution in [-0.4, -0.2) is 52.6 Å². The number of carbonyl (C=O) groups excluding carboxylic acids is 3.